The molecule has 1 fully saturated rings. The van der Waals surface area contributed by atoms with Crippen molar-refractivity contribution in [3.05, 3.63) is 0 Å². The van der Waals surface area contributed by atoms with Gasteiger partial charge in [-0.2, -0.15) is 0 Å². The fourth-order valence-electron chi connectivity index (χ4n) is 1.83. The summed E-state index contributed by atoms with van der Waals surface area (Å²) in [6, 6.07) is 0.718. The fraction of sp³-hybridized carbons (Fsp3) is 1.00. The Kier molecular flexibility index (Phi) is 8.04. The zero-order valence-corrected chi connectivity index (χ0v) is 12.8. The summed E-state index contributed by atoms with van der Waals surface area (Å²) in [5.41, 5.74) is 0. The van der Waals surface area contributed by atoms with Gasteiger partial charge in [-0.25, -0.2) is 0 Å². The Hall–Kier alpha value is 0.0169. The van der Waals surface area contributed by atoms with Crippen LogP contribution in [0.2, 0.25) is 6.04 Å². The van der Waals surface area contributed by atoms with Gasteiger partial charge < -0.3 is 22.8 Å². The van der Waals surface area contributed by atoms with Crippen LogP contribution in [0.1, 0.15) is 20.8 Å². The smallest absolute Gasteiger partial charge is 0.381 e. The minimum Gasteiger partial charge on any atom is -0.381 e. The van der Waals surface area contributed by atoms with Crippen LogP contribution in [0.4, 0.5) is 0 Å². The van der Waals surface area contributed by atoms with Gasteiger partial charge in [-0.1, -0.05) is 0 Å². The van der Waals surface area contributed by atoms with Gasteiger partial charge in [0.2, 0.25) is 0 Å². The van der Waals surface area contributed by atoms with E-state index >= 15 is 0 Å². The quantitative estimate of drug-likeness (QED) is 0.425. The molecule has 0 atom stereocenters. The Bertz CT molecular complexity index is 194. The van der Waals surface area contributed by atoms with Crippen LogP contribution in [0.15, 0.2) is 0 Å². The van der Waals surface area contributed by atoms with Crippen LogP contribution < -0.4 is 0 Å². The summed E-state index contributed by atoms with van der Waals surface area (Å²) in [6.07, 6.45) is 0. The molecule has 108 valence electrons. The van der Waals surface area contributed by atoms with Gasteiger partial charge in [-0.15, -0.1) is 0 Å². The Labute approximate surface area is 111 Å². The summed E-state index contributed by atoms with van der Waals surface area (Å²) in [5.74, 6) is 0.562. The monoisotopic (exact) mass is 278 g/mol. The highest BCUT2D eigenvalue weighted by Crippen LogP contribution is 2.17. The van der Waals surface area contributed by atoms with E-state index in [-0.39, 0.29) is 0 Å². The topological polar surface area (TPSA) is 46.2 Å². The Morgan fingerprint density at radius 1 is 1.00 bits per heavy atom. The van der Waals surface area contributed by atoms with Crippen molar-refractivity contribution in [1.29, 1.82) is 0 Å². The molecule has 5 nitrogen and oxygen atoms in total. The number of ether oxygens (including phenoxy) is 2. The molecule has 1 aliphatic rings. The lowest BCUT2D eigenvalue weighted by atomic mass is 10.1. The number of rotatable bonds is 11. The van der Waals surface area contributed by atoms with E-state index in [0.29, 0.717) is 32.3 Å². The van der Waals surface area contributed by atoms with Crippen molar-refractivity contribution in [3.63, 3.8) is 0 Å². The fourth-order valence-corrected chi connectivity index (χ4v) is 4.23. The van der Waals surface area contributed by atoms with Crippen molar-refractivity contribution in [1.82, 2.24) is 0 Å². The maximum atomic E-state index is 5.75. The van der Waals surface area contributed by atoms with Gasteiger partial charge in [0.25, 0.3) is 0 Å². The maximum absolute atomic E-state index is 5.75. The second kappa shape index (κ2) is 9.01. The van der Waals surface area contributed by atoms with Crippen molar-refractivity contribution < 1.29 is 22.8 Å². The third kappa shape index (κ3) is 5.34. The predicted octanol–water partition coefficient (Wildman–Crippen LogP) is 1.70. The minimum absolute atomic E-state index is 0.562. The van der Waals surface area contributed by atoms with E-state index in [9.17, 15) is 0 Å². The SMILES string of the molecule is CCO[Si](CCOCC1COC1)(OCC)OCC. The highest BCUT2D eigenvalue weighted by Gasteiger charge is 2.40. The van der Waals surface area contributed by atoms with Gasteiger partial charge in [0.15, 0.2) is 0 Å². The molecule has 0 aliphatic carbocycles. The first kappa shape index (κ1) is 16.1. The van der Waals surface area contributed by atoms with E-state index in [1.165, 1.54) is 0 Å². The molecule has 0 N–H and O–H groups in total. The van der Waals surface area contributed by atoms with E-state index in [1.54, 1.807) is 0 Å². The molecule has 0 aromatic rings. The lowest BCUT2D eigenvalue weighted by Gasteiger charge is -2.29. The highest BCUT2D eigenvalue weighted by molar-refractivity contribution is 6.60. The number of hydrogen-bond donors (Lipinski definition) is 0. The van der Waals surface area contributed by atoms with Gasteiger partial charge in [-0.3, -0.25) is 0 Å². The summed E-state index contributed by atoms with van der Waals surface area (Å²) >= 11 is 0. The molecular formula is C12H26O5Si. The average molecular weight is 278 g/mol. The molecule has 18 heavy (non-hydrogen) atoms. The van der Waals surface area contributed by atoms with E-state index in [0.717, 1.165) is 25.9 Å². The largest absolute Gasteiger partial charge is 0.503 e. The average Bonchev–Trinajstić information content (AvgIpc) is 2.27. The van der Waals surface area contributed by atoms with Crippen molar-refractivity contribution in [2.75, 3.05) is 46.2 Å². The molecule has 1 rings (SSSR count). The molecule has 0 aromatic carbocycles. The first-order chi connectivity index (χ1) is 8.76. The standard InChI is InChI=1S/C12H26O5Si/c1-4-15-18(16-5-2,17-6-3)8-7-13-9-12-10-14-11-12/h12H,4-11H2,1-3H3. The van der Waals surface area contributed by atoms with Crippen LogP contribution in [0.3, 0.4) is 0 Å². The van der Waals surface area contributed by atoms with Crippen LogP contribution in [-0.4, -0.2) is 55.1 Å². The van der Waals surface area contributed by atoms with E-state index < -0.39 is 8.80 Å². The van der Waals surface area contributed by atoms with Gasteiger partial charge in [0, 0.05) is 31.8 Å². The molecule has 0 aromatic heterocycles. The van der Waals surface area contributed by atoms with Gasteiger partial charge in [0.1, 0.15) is 0 Å². The maximum Gasteiger partial charge on any atom is 0.503 e. The third-order valence-corrected chi connectivity index (χ3v) is 5.71. The lowest BCUT2D eigenvalue weighted by Crippen LogP contribution is -2.47. The van der Waals surface area contributed by atoms with Gasteiger partial charge in [0.05, 0.1) is 26.4 Å². The van der Waals surface area contributed by atoms with Crippen LogP contribution in [-0.2, 0) is 22.8 Å². The van der Waals surface area contributed by atoms with Crippen LogP contribution in [0.5, 0.6) is 0 Å². The van der Waals surface area contributed by atoms with Gasteiger partial charge in [-0.05, 0) is 20.8 Å². The molecular weight excluding hydrogens is 252 g/mol. The molecule has 0 amide bonds. The highest BCUT2D eigenvalue weighted by atomic mass is 28.4. The Morgan fingerprint density at radius 2 is 1.56 bits per heavy atom. The van der Waals surface area contributed by atoms with Crippen molar-refractivity contribution >= 4 is 8.80 Å². The first-order valence-electron chi connectivity index (χ1n) is 6.83. The molecule has 0 bridgehead atoms. The Morgan fingerprint density at radius 3 is 1.94 bits per heavy atom. The summed E-state index contributed by atoms with van der Waals surface area (Å²) in [4.78, 5) is 0. The lowest BCUT2D eigenvalue weighted by molar-refractivity contribution is -0.0711. The molecule has 1 aliphatic heterocycles. The predicted molar refractivity (Wildman–Crippen MR) is 70.6 cm³/mol. The molecule has 0 saturated carbocycles. The summed E-state index contributed by atoms with van der Waals surface area (Å²) in [6.45, 7) is 10.8. The minimum atomic E-state index is -2.52. The molecule has 1 heterocycles. The van der Waals surface area contributed by atoms with Crippen LogP contribution in [0, 0.1) is 5.92 Å². The normalized spacial score (nSPS) is 16.8. The van der Waals surface area contributed by atoms with Crippen LogP contribution in [0.25, 0.3) is 0 Å². The molecule has 0 spiro atoms. The molecule has 0 unspecified atom stereocenters. The zero-order valence-electron chi connectivity index (χ0n) is 11.8. The van der Waals surface area contributed by atoms with Crippen LogP contribution >= 0.6 is 0 Å². The summed E-state index contributed by atoms with van der Waals surface area (Å²) < 4.78 is 28.0. The second-order valence-electron chi connectivity index (χ2n) is 4.21. The Balaban J connectivity index is 2.27. The van der Waals surface area contributed by atoms with E-state index in [2.05, 4.69) is 0 Å². The third-order valence-electron chi connectivity index (χ3n) is 2.71. The molecule has 1 saturated heterocycles. The first-order valence-corrected chi connectivity index (χ1v) is 8.76. The summed E-state index contributed by atoms with van der Waals surface area (Å²) in [7, 11) is -2.52. The molecule has 0 radical (unpaired) electrons. The molecule has 6 heteroatoms. The number of hydrogen-bond acceptors (Lipinski definition) is 5. The second-order valence-corrected chi connectivity index (χ2v) is 6.94. The van der Waals surface area contributed by atoms with E-state index in [1.807, 2.05) is 20.8 Å². The zero-order chi connectivity index (χ0) is 13.3. The van der Waals surface area contributed by atoms with Gasteiger partial charge >= 0.3 is 8.80 Å². The van der Waals surface area contributed by atoms with Crippen molar-refractivity contribution in [3.8, 4) is 0 Å². The van der Waals surface area contributed by atoms with E-state index in [4.69, 9.17) is 22.8 Å². The summed E-state index contributed by atoms with van der Waals surface area (Å²) in [5, 5.41) is 0. The van der Waals surface area contributed by atoms with Crippen molar-refractivity contribution in [2.24, 2.45) is 5.92 Å². The van der Waals surface area contributed by atoms with Crippen molar-refractivity contribution in [2.45, 2.75) is 26.8 Å².